The third-order valence-corrected chi connectivity index (χ3v) is 8.08. The summed E-state index contributed by atoms with van der Waals surface area (Å²) in [5.74, 6) is 0.597. The summed E-state index contributed by atoms with van der Waals surface area (Å²) in [7, 11) is -1.83. The molecule has 0 atom stereocenters. The number of sulfonamides is 1. The number of benzene rings is 2. The second kappa shape index (κ2) is 10.3. The van der Waals surface area contributed by atoms with Crippen LogP contribution in [0.25, 0.3) is 11.0 Å². The highest BCUT2D eigenvalue weighted by atomic mass is 32.2. The summed E-state index contributed by atoms with van der Waals surface area (Å²) in [6, 6.07) is 17.5. The van der Waals surface area contributed by atoms with E-state index < -0.39 is 10.0 Å². The van der Waals surface area contributed by atoms with E-state index in [1.54, 1.807) is 26.2 Å². The quantitative estimate of drug-likeness (QED) is 0.389. The summed E-state index contributed by atoms with van der Waals surface area (Å²) in [6.45, 7) is 5.17. The van der Waals surface area contributed by atoms with Gasteiger partial charge in [-0.05, 0) is 42.0 Å². The van der Waals surface area contributed by atoms with E-state index in [-0.39, 0.29) is 5.91 Å². The van der Waals surface area contributed by atoms with Crippen LogP contribution in [0.5, 0.6) is 0 Å². The third-order valence-electron chi connectivity index (χ3n) is 6.88. The number of nitrogens with one attached hydrogen (secondary N) is 1. The first-order chi connectivity index (χ1) is 18.2. The van der Waals surface area contributed by atoms with Crippen LogP contribution in [0, 0.1) is 0 Å². The van der Waals surface area contributed by atoms with Crippen molar-refractivity contribution in [2.45, 2.75) is 13.5 Å². The van der Waals surface area contributed by atoms with E-state index in [2.05, 4.69) is 27.3 Å². The molecule has 4 aromatic rings. The van der Waals surface area contributed by atoms with Crippen molar-refractivity contribution >= 4 is 50.0 Å². The first kappa shape index (κ1) is 25.5. The molecule has 1 amide bonds. The van der Waals surface area contributed by atoms with Gasteiger partial charge >= 0.3 is 0 Å². The number of piperazine rings is 1. The van der Waals surface area contributed by atoms with Gasteiger partial charge in [-0.3, -0.25) is 9.10 Å². The zero-order chi connectivity index (χ0) is 26.9. The van der Waals surface area contributed by atoms with Crippen molar-refractivity contribution in [1.29, 1.82) is 0 Å². The van der Waals surface area contributed by atoms with Gasteiger partial charge in [-0.2, -0.15) is 4.98 Å². The summed E-state index contributed by atoms with van der Waals surface area (Å²) in [4.78, 5) is 24.9. The third kappa shape index (κ3) is 5.42. The zero-order valence-corrected chi connectivity index (χ0v) is 22.5. The molecule has 1 N–H and O–H groups in total. The fourth-order valence-corrected chi connectivity index (χ4v) is 5.17. The van der Waals surface area contributed by atoms with Crippen molar-refractivity contribution in [1.82, 2.24) is 19.4 Å². The van der Waals surface area contributed by atoms with E-state index in [0.717, 1.165) is 54.2 Å². The molecule has 0 bridgehead atoms. The molecule has 0 radical (unpaired) electrons. The SMILES string of the molecule is CC(=O)N1CCN(c2ccc(Nc3ncc4ccn(Cc5ccccc5N(C)S(C)(=O)=O)c4n3)cc2)CC1. The molecule has 1 aliphatic heterocycles. The molecule has 0 aliphatic carbocycles. The lowest BCUT2D eigenvalue weighted by Crippen LogP contribution is -2.48. The maximum atomic E-state index is 12.1. The fourth-order valence-electron chi connectivity index (χ4n) is 4.64. The molecule has 38 heavy (non-hydrogen) atoms. The highest BCUT2D eigenvalue weighted by molar-refractivity contribution is 7.92. The van der Waals surface area contributed by atoms with Crippen LogP contribution in [-0.2, 0) is 21.4 Å². The van der Waals surface area contributed by atoms with Crippen molar-refractivity contribution in [3.05, 3.63) is 72.6 Å². The predicted molar refractivity (Wildman–Crippen MR) is 151 cm³/mol. The van der Waals surface area contributed by atoms with Gasteiger partial charge in [0, 0.05) is 69.3 Å². The van der Waals surface area contributed by atoms with Gasteiger partial charge in [0.15, 0.2) is 0 Å². The second-order valence-corrected chi connectivity index (χ2v) is 11.5. The fraction of sp³-hybridized carbons (Fsp3) is 0.296. The van der Waals surface area contributed by atoms with E-state index in [1.165, 1.54) is 10.6 Å². The number of anilines is 4. The lowest BCUT2D eigenvalue weighted by Gasteiger charge is -2.35. The maximum Gasteiger partial charge on any atom is 0.232 e. The number of para-hydroxylation sites is 1. The van der Waals surface area contributed by atoms with Crippen LogP contribution in [0.4, 0.5) is 23.0 Å². The van der Waals surface area contributed by atoms with Crippen LogP contribution in [0.15, 0.2) is 67.0 Å². The molecule has 0 saturated carbocycles. The van der Waals surface area contributed by atoms with Crippen LogP contribution >= 0.6 is 0 Å². The molecule has 2 aromatic carbocycles. The monoisotopic (exact) mass is 533 g/mol. The molecule has 1 aliphatic rings. The molecule has 10 nitrogen and oxygen atoms in total. The maximum absolute atomic E-state index is 12.1. The molecule has 11 heteroatoms. The van der Waals surface area contributed by atoms with Crippen molar-refractivity contribution in [3.8, 4) is 0 Å². The first-order valence-corrected chi connectivity index (χ1v) is 14.2. The van der Waals surface area contributed by atoms with Crippen LogP contribution in [0.2, 0.25) is 0 Å². The minimum Gasteiger partial charge on any atom is -0.368 e. The molecule has 1 saturated heterocycles. The summed E-state index contributed by atoms with van der Waals surface area (Å²) in [5, 5.41) is 4.18. The van der Waals surface area contributed by atoms with Crippen molar-refractivity contribution < 1.29 is 13.2 Å². The summed E-state index contributed by atoms with van der Waals surface area (Å²) < 4.78 is 27.6. The number of carbonyl (C=O) groups excluding carboxylic acids is 1. The van der Waals surface area contributed by atoms with Crippen molar-refractivity contribution in [3.63, 3.8) is 0 Å². The Balaban J connectivity index is 1.32. The van der Waals surface area contributed by atoms with E-state index >= 15 is 0 Å². The number of aromatic nitrogens is 3. The highest BCUT2D eigenvalue weighted by Crippen LogP contribution is 2.25. The van der Waals surface area contributed by atoms with Gasteiger partial charge in [-0.15, -0.1) is 0 Å². The predicted octanol–water partition coefficient (Wildman–Crippen LogP) is 3.29. The van der Waals surface area contributed by atoms with Gasteiger partial charge in [0.25, 0.3) is 0 Å². The Kier molecular flexibility index (Phi) is 6.94. The molecular formula is C27H31N7O3S. The highest BCUT2D eigenvalue weighted by Gasteiger charge is 2.19. The minimum absolute atomic E-state index is 0.123. The Hall–Kier alpha value is -4.12. The second-order valence-electron chi connectivity index (χ2n) is 9.44. The number of carbonyl (C=O) groups is 1. The van der Waals surface area contributed by atoms with Gasteiger partial charge in [0.05, 0.1) is 18.5 Å². The van der Waals surface area contributed by atoms with Crippen LogP contribution in [0.3, 0.4) is 0 Å². The molecule has 5 rings (SSSR count). The smallest absolute Gasteiger partial charge is 0.232 e. The Morgan fingerprint density at radius 2 is 1.74 bits per heavy atom. The largest absolute Gasteiger partial charge is 0.368 e. The molecule has 2 aromatic heterocycles. The Bertz CT molecular complexity index is 1560. The van der Waals surface area contributed by atoms with E-state index in [0.29, 0.717) is 18.2 Å². The van der Waals surface area contributed by atoms with E-state index in [9.17, 15) is 13.2 Å². The average molecular weight is 534 g/mol. The first-order valence-electron chi connectivity index (χ1n) is 12.4. The van der Waals surface area contributed by atoms with Crippen LogP contribution in [-0.4, -0.2) is 73.2 Å². The summed E-state index contributed by atoms with van der Waals surface area (Å²) in [6.07, 6.45) is 4.90. The number of amides is 1. The lowest BCUT2D eigenvalue weighted by molar-refractivity contribution is -0.129. The molecule has 198 valence electrons. The van der Waals surface area contributed by atoms with E-state index in [1.807, 2.05) is 52.1 Å². The van der Waals surface area contributed by atoms with Gasteiger partial charge in [-0.1, -0.05) is 18.2 Å². The number of nitrogens with zero attached hydrogens (tertiary/aromatic N) is 6. The van der Waals surface area contributed by atoms with Gasteiger partial charge in [-0.25, -0.2) is 13.4 Å². The molecule has 1 fully saturated rings. The van der Waals surface area contributed by atoms with Crippen LogP contribution in [0.1, 0.15) is 12.5 Å². The van der Waals surface area contributed by atoms with Gasteiger partial charge < -0.3 is 19.7 Å². The lowest BCUT2D eigenvalue weighted by atomic mass is 10.2. The van der Waals surface area contributed by atoms with Gasteiger partial charge in [0.2, 0.25) is 21.9 Å². The molecule has 0 unspecified atom stereocenters. The molecule has 3 heterocycles. The van der Waals surface area contributed by atoms with Crippen molar-refractivity contribution in [2.75, 3.05) is 54.0 Å². The normalized spacial score (nSPS) is 14.1. The Labute approximate surface area is 222 Å². The number of hydrogen-bond acceptors (Lipinski definition) is 7. The number of hydrogen-bond donors (Lipinski definition) is 1. The average Bonchev–Trinajstić information content (AvgIpc) is 3.30. The minimum atomic E-state index is -3.39. The number of fused-ring (bicyclic) bond motifs is 1. The Morgan fingerprint density at radius 3 is 2.42 bits per heavy atom. The van der Waals surface area contributed by atoms with E-state index in [4.69, 9.17) is 4.98 Å². The number of rotatable bonds is 7. The van der Waals surface area contributed by atoms with Crippen molar-refractivity contribution in [2.24, 2.45) is 0 Å². The standard InChI is InChI=1S/C27H31N7O3S/c1-20(35)32-14-16-33(17-15-32)24-10-8-23(9-11-24)29-27-28-18-21-12-13-34(26(21)30-27)19-22-6-4-5-7-25(22)31(2)38(3,36)37/h4-13,18H,14-17,19H2,1-3H3,(H,28,29,30). The topological polar surface area (TPSA) is 104 Å². The summed E-state index contributed by atoms with van der Waals surface area (Å²) in [5.41, 5.74) is 4.23. The van der Waals surface area contributed by atoms with Crippen LogP contribution < -0.4 is 14.5 Å². The summed E-state index contributed by atoms with van der Waals surface area (Å²) >= 11 is 0. The molecule has 0 spiro atoms. The zero-order valence-electron chi connectivity index (χ0n) is 21.7. The van der Waals surface area contributed by atoms with Gasteiger partial charge in [0.1, 0.15) is 5.65 Å². The molecular weight excluding hydrogens is 502 g/mol. The Morgan fingerprint density at radius 1 is 1.03 bits per heavy atom.